The van der Waals surface area contributed by atoms with Crippen LogP contribution in [0.15, 0.2) is 36.5 Å². The molecule has 12 heteroatoms. The first-order valence-corrected chi connectivity index (χ1v) is 9.26. The molecule has 0 bridgehead atoms. The number of fused-ring (bicyclic) bond motifs is 3. The molecule has 1 aromatic carbocycles. The molecule has 4 heterocycles. The highest BCUT2D eigenvalue weighted by Crippen LogP contribution is 2.41. The maximum absolute atomic E-state index is 13.3. The maximum atomic E-state index is 13.3. The number of aromatic nitrogens is 8. The lowest BCUT2D eigenvalue weighted by Crippen LogP contribution is -2.22. The predicted molar refractivity (Wildman–Crippen MR) is 100 cm³/mol. The zero-order chi connectivity index (χ0) is 21.0. The van der Waals surface area contributed by atoms with Crippen molar-refractivity contribution in [1.82, 2.24) is 39.7 Å². The van der Waals surface area contributed by atoms with Gasteiger partial charge in [-0.15, -0.1) is 25.5 Å². The van der Waals surface area contributed by atoms with Gasteiger partial charge < -0.3 is 4.57 Å². The Hall–Kier alpha value is -3.34. The van der Waals surface area contributed by atoms with Crippen LogP contribution in [0, 0.1) is 0 Å². The van der Waals surface area contributed by atoms with Crippen molar-refractivity contribution in [3.8, 4) is 34.6 Å². The molecule has 4 aromatic rings. The molecule has 152 valence electrons. The molecule has 30 heavy (non-hydrogen) atoms. The van der Waals surface area contributed by atoms with E-state index in [1.165, 1.54) is 12.1 Å². The quantitative estimate of drug-likeness (QED) is 0.477. The predicted octanol–water partition coefficient (Wildman–Crippen LogP) is 3.91. The molecule has 0 amide bonds. The first kappa shape index (κ1) is 18.7. The van der Waals surface area contributed by atoms with Crippen molar-refractivity contribution in [2.24, 2.45) is 0 Å². The van der Waals surface area contributed by atoms with Gasteiger partial charge in [0.2, 0.25) is 11.6 Å². The summed E-state index contributed by atoms with van der Waals surface area (Å²) >= 11 is 6.11. The van der Waals surface area contributed by atoms with Crippen LogP contribution < -0.4 is 0 Å². The largest absolute Gasteiger partial charge is 0.417 e. The molecule has 0 fully saturated rings. The van der Waals surface area contributed by atoms with E-state index in [1.807, 2.05) is 11.5 Å². The van der Waals surface area contributed by atoms with E-state index >= 15 is 0 Å². The van der Waals surface area contributed by atoms with Crippen LogP contribution >= 0.6 is 11.6 Å². The molecule has 3 aromatic heterocycles. The number of nitrogens with zero attached hydrogens (tertiary/aromatic N) is 8. The Balaban J connectivity index is 1.66. The van der Waals surface area contributed by atoms with E-state index < -0.39 is 16.8 Å². The maximum Gasteiger partial charge on any atom is 0.417 e. The monoisotopic (exact) mass is 432 g/mol. The lowest BCUT2D eigenvalue weighted by Gasteiger charge is -2.25. The van der Waals surface area contributed by atoms with Gasteiger partial charge in [0, 0.05) is 18.3 Å². The lowest BCUT2D eigenvalue weighted by atomic mass is 10.1. The normalized spacial score (nSPS) is 15.7. The minimum atomic E-state index is -4.57. The summed E-state index contributed by atoms with van der Waals surface area (Å²) in [6.07, 6.45) is -3.02. The van der Waals surface area contributed by atoms with Crippen molar-refractivity contribution >= 4 is 11.6 Å². The molecule has 1 aliphatic heterocycles. The van der Waals surface area contributed by atoms with Gasteiger partial charge in [-0.25, -0.2) is 0 Å². The van der Waals surface area contributed by atoms with Gasteiger partial charge in [-0.1, -0.05) is 17.7 Å². The van der Waals surface area contributed by atoms with Crippen molar-refractivity contribution in [3.63, 3.8) is 0 Å². The van der Waals surface area contributed by atoms with Crippen molar-refractivity contribution in [2.45, 2.75) is 25.7 Å². The highest BCUT2D eigenvalue weighted by atomic mass is 35.5. The van der Waals surface area contributed by atoms with Crippen LogP contribution in [-0.4, -0.2) is 39.7 Å². The summed E-state index contributed by atoms with van der Waals surface area (Å²) in [5.74, 6) is 1.59. The number of hydrogen-bond acceptors (Lipinski definition) is 6. The molecular weight excluding hydrogens is 421 g/mol. The highest BCUT2D eigenvalue weighted by Gasteiger charge is 2.36. The second-order valence-corrected chi connectivity index (χ2v) is 7.18. The van der Waals surface area contributed by atoms with Crippen LogP contribution in [0.5, 0.6) is 0 Å². The van der Waals surface area contributed by atoms with Crippen molar-refractivity contribution in [1.29, 1.82) is 0 Å². The first-order chi connectivity index (χ1) is 14.4. The third-order valence-corrected chi connectivity index (χ3v) is 5.29. The van der Waals surface area contributed by atoms with Gasteiger partial charge in [0.1, 0.15) is 5.69 Å². The average molecular weight is 433 g/mol. The molecule has 5 rings (SSSR count). The van der Waals surface area contributed by atoms with Gasteiger partial charge in [0.05, 0.1) is 16.6 Å². The van der Waals surface area contributed by atoms with Crippen LogP contribution in [0.25, 0.3) is 34.6 Å². The summed E-state index contributed by atoms with van der Waals surface area (Å²) in [4.78, 5) is 0. The van der Waals surface area contributed by atoms with E-state index in [0.717, 1.165) is 6.07 Å². The van der Waals surface area contributed by atoms with Crippen LogP contribution in [0.2, 0.25) is 5.02 Å². The number of alkyl halides is 3. The number of benzene rings is 1. The highest BCUT2D eigenvalue weighted by molar-refractivity contribution is 6.34. The van der Waals surface area contributed by atoms with Gasteiger partial charge in [-0.05, 0) is 31.2 Å². The Morgan fingerprint density at radius 2 is 1.67 bits per heavy atom. The number of halogens is 4. The topological polar surface area (TPSA) is 87.2 Å². The summed E-state index contributed by atoms with van der Waals surface area (Å²) in [7, 11) is 0. The second kappa shape index (κ2) is 6.59. The van der Waals surface area contributed by atoms with Crippen molar-refractivity contribution < 1.29 is 13.2 Å². The third kappa shape index (κ3) is 2.76. The molecule has 0 saturated carbocycles. The molecule has 0 aliphatic carbocycles. The molecule has 0 saturated heterocycles. The first-order valence-electron chi connectivity index (χ1n) is 8.89. The summed E-state index contributed by atoms with van der Waals surface area (Å²) in [5, 5.41) is 24.2. The fourth-order valence-corrected chi connectivity index (χ4v) is 3.88. The van der Waals surface area contributed by atoms with Crippen molar-refractivity contribution in [2.75, 3.05) is 0 Å². The zero-order valence-electron chi connectivity index (χ0n) is 15.3. The van der Waals surface area contributed by atoms with Gasteiger partial charge in [0.25, 0.3) is 0 Å². The number of rotatable bonds is 2. The Labute approximate surface area is 172 Å². The minimum Gasteiger partial charge on any atom is -0.301 e. The van der Waals surface area contributed by atoms with E-state index in [1.54, 1.807) is 22.9 Å². The summed E-state index contributed by atoms with van der Waals surface area (Å²) < 4.78 is 43.4. The Morgan fingerprint density at radius 1 is 0.933 bits per heavy atom. The molecule has 1 unspecified atom stereocenters. The Bertz CT molecular complexity index is 1250. The van der Waals surface area contributed by atoms with Crippen molar-refractivity contribution in [3.05, 3.63) is 47.1 Å². The minimum absolute atomic E-state index is 0.152. The van der Waals surface area contributed by atoms with E-state index in [0.29, 0.717) is 29.7 Å². The molecule has 0 radical (unpaired) electrons. The summed E-state index contributed by atoms with van der Waals surface area (Å²) in [6.45, 7) is 2.35. The van der Waals surface area contributed by atoms with Crippen LogP contribution in [-0.2, 0) is 12.7 Å². The van der Waals surface area contributed by atoms with Gasteiger partial charge in [-0.3, -0.25) is 4.57 Å². The second-order valence-electron chi connectivity index (χ2n) is 6.80. The van der Waals surface area contributed by atoms with Gasteiger partial charge in [-0.2, -0.15) is 18.3 Å². The van der Waals surface area contributed by atoms with E-state index in [2.05, 4.69) is 30.6 Å². The van der Waals surface area contributed by atoms with E-state index in [9.17, 15) is 13.2 Å². The van der Waals surface area contributed by atoms with Crippen LogP contribution in [0.3, 0.4) is 0 Å². The summed E-state index contributed by atoms with van der Waals surface area (Å²) in [5.41, 5.74) is -0.215. The molecule has 8 nitrogen and oxygen atoms in total. The third-order valence-electron chi connectivity index (χ3n) is 4.88. The fraction of sp³-hybridized carbons (Fsp3) is 0.222. The van der Waals surface area contributed by atoms with Gasteiger partial charge in [0.15, 0.2) is 11.6 Å². The lowest BCUT2D eigenvalue weighted by molar-refractivity contribution is -0.137. The zero-order valence-corrected chi connectivity index (χ0v) is 16.1. The molecule has 1 atom stereocenters. The molecule has 0 spiro atoms. The molecule has 0 N–H and O–H groups in total. The average Bonchev–Trinajstić information content (AvgIpc) is 3.32. The smallest absolute Gasteiger partial charge is 0.301 e. The standard InChI is InChI=1S/C18H12ClF3N8/c1-9-8-29-15(12-6-3-7-23-24-12)26-27-16(29)17-28-25-14(30(9)17)10-4-2-5-11(13(10)19)18(20,21)22/h2-7,9H,8H2,1H3. The van der Waals surface area contributed by atoms with Gasteiger partial charge >= 0.3 is 6.18 Å². The van der Waals surface area contributed by atoms with Crippen LogP contribution in [0.1, 0.15) is 18.5 Å². The Kier molecular flexibility index (Phi) is 4.10. The summed E-state index contributed by atoms with van der Waals surface area (Å²) in [6, 6.07) is 7.04. The van der Waals surface area contributed by atoms with Crippen LogP contribution in [0.4, 0.5) is 13.2 Å². The number of hydrogen-bond donors (Lipinski definition) is 0. The van der Waals surface area contributed by atoms with E-state index in [-0.39, 0.29) is 17.4 Å². The SMILES string of the molecule is CC1Cn2c(-c3cccnn3)nnc2-c2nnc(-c3cccc(C(F)(F)F)c3Cl)n21. The fourth-order valence-electron chi connectivity index (χ4n) is 3.57. The van der Waals surface area contributed by atoms with E-state index in [4.69, 9.17) is 11.6 Å². The molecule has 1 aliphatic rings. The molecular formula is C18H12ClF3N8. The Morgan fingerprint density at radius 3 is 2.40 bits per heavy atom.